The van der Waals surface area contributed by atoms with Crippen LogP contribution in [0, 0.1) is 11.8 Å². The van der Waals surface area contributed by atoms with Gasteiger partial charge in [-0.05, 0) is 6.07 Å². The van der Waals surface area contributed by atoms with Crippen molar-refractivity contribution in [3.05, 3.63) is 29.6 Å². The molecule has 88 valence electrons. The standard InChI is InChI=1S/C11H12N4O2/c12-3-1-2-8-4-9(6-14-5-8)11(17)15-7-10(13)16/h4-6H,3,7,12H2,(H2,13,16)(H,15,17). The van der Waals surface area contributed by atoms with Crippen LogP contribution in [0.1, 0.15) is 15.9 Å². The topological polar surface area (TPSA) is 111 Å². The minimum Gasteiger partial charge on any atom is -0.368 e. The number of aromatic nitrogens is 1. The summed E-state index contributed by atoms with van der Waals surface area (Å²) >= 11 is 0. The Kier molecular flexibility index (Phi) is 4.66. The number of carbonyl (C=O) groups excluding carboxylic acids is 2. The van der Waals surface area contributed by atoms with Crippen LogP contribution in [0.5, 0.6) is 0 Å². The summed E-state index contributed by atoms with van der Waals surface area (Å²) < 4.78 is 0. The summed E-state index contributed by atoms with van der Waals surface area (Å²) in [4.78, 5) is 25.9. The normalized spacial score (nSPS) is 9.00. The lowest BCUT2D eigenvalue weighted by Crippen LogP contribution is -2.33. The molecule has 1 aromatic rings. The second-order valence-corrected chi connectivity index (χ2v) is 3.12. The van der Waals surface area contributed by atoms with Crippen LogP contribution in [-0.4, -0.2) is 29.9 Å². The van der Waals surface area contributed by atoms with Crippen molar-refractivity contribution >= 4 is 11.8 Å². The van der Waals surface area contributed by atoms with E-state index in [2.05, 4.69) is 22.1 Å². The molecule has 0 saturated carbocycles. The van der Waals surface area contributed by atoms with Crippen molar-refractivity contribution in [2.75, 3.05) is 13.1 Å². The van der Waals surface area contributed by atoms with Crippen molar-refractivity contribution < 1.29 is 9.59 Å². The van der Waals surface area contributed by atoms with Crippen molar-refractivity contribution in [1.29, 1.82) is 0 Å². The largest absolute Gasteiger partial charge is 0.368 e. The van der Waals surface area contributed by atoms with Crippen molar-refractivity contribution in [1.82, 2.24) is 10.3 Å². The van der Waals surface area contributed by atoms with Crippen LogP contribution >= 0.6 is 0 Å². The van der Waals surface area contributed by atoms with Gasteiger partial charge < -0.3 is 16.8 Å². The summed E-state index contributed by atoms with van der Waals surface area (Å²) in [6.07, 6.45) is 2.90. The van der Waals surface area contributed by atoms with Crippen molar-refractivity contribution in [3.63, 3.8) is 0 Å². The van der Waals surface area contributed by atoms with E-state index >= 15 is 0 Å². The van der Waals surface area contributed by atoms with E-state index < -0.39 is 11.8 Å². The molecule has 0 fully saturated rings. The van der Waals surface area contributed by atoms with Crippen molar-refractivity contribution in [2.45, 2.75) is 0 Å². The molecule has 1 rings (SSSR count). The molecule has 0 unspecified atom stereocenters. The Balaban J connectivity index is 2.77. The van der Waals surface area contributed by atoms with Crippen LogP contribution in [0.3, 0.4) is 0 Å². The lowest BCUT2D eigenvalue weighted by molar-refractivity contribution is -0.117. The van der Waals surface area contributed by atoms with Crippen LogP contribution in [0.4, 0.5) is 0 Å². The number of rotatable bonds is 3. The number of hydrogen-bond donors (Lipinski definition) is 3. The second-order valence-electron chi connectivity index (χ2n) is 3.12. The van der Waals surface area contributed by atoms with Crippen LogP contribution in [0.25, 0.3) is 0 Å². The van der Waals surface area contributed by atoms with E-state index in [4.69, 9.17) is 11.5 Å². The van der Waals surface area contributed by atoms with Gasteiger partial charge in [-0.1, -0.05) is 11.8 Å². The zero-order valence-corrected chi connectivity index (χ0v) is 9.06. The molecule has 0 aliphatic rings. The molecule has 0 spiro atoms. The number of primary amides is 1. The van der Waals surface area contributed by atoms with Gasteiger partial charge in [0.15, 0.2) is 0 Å². The second kappa shape index (κ2) is 6.25. The minimum atomic E-state index is -0.606. The third kappa shape index (κ3) is 4.32. The van der Waals surface area contributed by atoms with Crippen molar-refractivity contribution in [2.24, 2.45) is 11.5 Å². The molecule has 0 aliphatic heterocycles. The van der Waals surface area contributed by atoms with Gasteiger partial charge in [0.05, 0.1) is 18.7 Å². The highest BCUT2D eigenvalue weighted by atomic mass is 16.2. The Morgan fingerprint density at radius 3 is 2.82 bits per heavy atom. The molecule has 0 atom stereocenters. The smallest absolute Gasteiger partial charge is 0.253 e. The van der Waals surface area contributed by atoms with Crippen LogP contribution < -0.4 is 16.8 Å². The van der Waals surface area contributed by atoms with Crippen LogP contribution in [0.2, 0.25) is 0 Å². The number of amides is 2. The summed E-state index contributed by atoms with van der Waals surface area (Å²) in [7, 11) is 0. The Hall–Kier alpha value is -2.39. The summed E-state index contributed by atoms with van der Waals surface area (Å²) in [6, 6.07) is 1.56. The number of carbonyl (C=O) groups is 2. The van der Waals surface area contributed by atoms with Gasteiger partial charge in [0.2, 0.25) is 5.91 Å². The molecule has 0 radical (unpaired) electrons. The lowest BCUT2D eigenvalue weighted by Gasteiger charge is -2.02. The summed E-state index contributed by atoms with van der Waals surface area (Å²) in [6.45, 7) is 0.0235. The van der Waals surface area contributed by atoms with E-state index in [0.29, 0.717) is 11.1 Å². The molecule has 17 heavy (non-hydrogen) atoms. The highest BCUT2D eigenvalue weighted by Crippen LogP contribution is 2.01. The molecule has 6 nitrogen and oxygen atoms in total. The van der Waals surface area contributed by atoms with E-state index in [1.54, 1.807) is 6.07 Å². The van der Waals surface area contributed by atoms with Gasteiger partial charge in [0, 0.05) is 18.0 Å². The van der Waals surface area contributed by atoms with Crippen molar-refractivity contribution in [3.8, 4) is 11.8 Å². The fourth-order valence-electron chi connectivity index (χ4n) is 1.06. The summed E-state index contributed by atoms with van der Waals surface area (Å²) in [5.74, 6) is 4.38. The number of nitrogens with two attached hydrogens (primary N) is 2. The van der Waals surface area contributed by atoms with E-state index in [9.17, 15) is 9.59 Å². The lowest BCUT2D eigenvalue weighted by atomic mass is 10.2. The monoisotopic (exact) mass is 232 g/mol. The van der Waals surface area contributed by atoms with E-state index in [-0.39, 0.29) is 13.1 Å². The summed E-state index contributed by atoms with van der Waals surface area (Å²) in [5.41, 5.74) is 11.0. The van der Waals surface area contributed by atoms with Gasteiger partial charge in [-0.2, -0.15) is 0 Å². The molecule has 0 bridgehead atoms. The van der Waals surface area contributed by atoms with Crippen LogP contribution in [0.15, 0.2) is 18.5 Å². The van der Waals surface area contributed by atoms with Gasteiger partial charge in [-0.25, -0.2) is 0 Å². The SMILES string of the molecule is NCC#Cc1cncc(C(=O)NCC(N)=O)c1. The predicted octanol–water partition coefficient (Wildman–Crippen LogP) is -1.39. The average Bonchev–Trinajstić information content (AvgIpc) is 2.33. The first kappa shape index (κ1) is 12.7. The maximum atomic E-state index is 11.5. The predicted molar refractivity (Wildman–Crippen MR) is 61.7 cm³/mol. The first-order valence-corrected chi connectivity index (χ1v) is 4.84. The fraction of sp³-hybridized carbons (Fsp3) is 0.182. The van der Waals surface area contributed by atoms with Gasteiger partial charge in [-0.3, -0.25) is 14.6 Å². The molecule has 5 N–H and O–H groups in total. The molecule has 2 amide bonds. The first-order chi connectivity index (χ1) is 8.13. The number of hydrogen-bond acceptors (Lipinski definition) is 4. The Morgan fingerprint density at radius 1 is 1.41 bits per heavy atom. The molecule has 0 saturated heterocycles. The molecular formula is C11H12N4O2. The van der Waals surface area contributed by atoms with Gasteiger partial charge in [-0.15, -0.1) is 0 Å². The Labute approximate surface area is 98.4 Å². The molecule has 6 heteroatoms. The van der Waals surface area contributed by atoms with E-state index in [0.717, 1.165) is 0 Å². The van der Waals surface area contributed by atoms with E-state index in [1.807, 2.05) is 0 Å². The molecule has 1 heterocycles. The van der Waals surface area contributed by atoms with E-state index in [1.165, 1.54) is 12.4 Å². The summed E-state index contributed by atoms with van der Waals surface area (Å²) in [5, 5.41) is 2.36. The number of nitrogens with zero attached hydrogens (tertiary/aromatic N) is 1. The third-order valence-corrected chi connectivity index (χ3v) is 1.76. The average molecular weight is 232 g/mol. The van der Waals surface area contributed by atoms with Crippen LogP contribution in [-0.2, 0) is 4.79 Å². The van der Waals surface area contributed by atoms with Gasteiger partial charge in [0.1, 0.15) is 0 Å². The molecular weight excluding hydrogens is 220 g/mol. The zero-order valence-electron chi connectivity index (χ0n) is 9.06. The molecule has 0 aromatic carbocycles. The Bertz CT molecular complexity index is 488. The van der Waals surface area contributed by atoms with Gasteiger partial charge >= 0.3 is 0 Å². The molecule has 0 aliphatic carbocycles. The highest BCUT2D eigenvalue weighted by molar-refractivity contribution is 5.96. The third-order valence-electron chi connectivity index (χ3n) is 1.76. The van der Waals surface area contributed by atoms with Gasteiger partial charge in [0.25, 0.3) is 5.91 Å². The highest BCUT2D eigenvalue weighted by Gasteiger charge is 2.06. The quantitative estimate of drug-likeness (QED) is 0.557. The molecule has 1 aromatic heterocycles. The Morgan fingerprint density at radius 2 is 2.18 bits per heavy atom. The maximum absolute atomic E-state index is 11.5. The maximum Gasteiger partial charge on any atom is 0.253 e. The zero-order chi connectivity index (χ0) is 12.7. The minimum absolute atomic E-state index is 0.211. The first-order valence-electron chi connectivity index (χ1n) is 4.84. The fourth-order valence-corrected chi connectivity index (χ4v) is 1.06. The number of nitrogens with one attached hydrogen (secondary N) is 1. The number of pyridine rings is 1.